The molecule has 1 aliphatic carbocycles. The van der Waals surface area contributed by atoms with Gasteiger partial charge >= 0.3 is 6.18 Å². The summed E-state index contributed by atoms with van der Waals surface area (Å²) in [5.74, 6) is 0.450. The van der Waals surface area contributed by atoms with E-state index in [0.29, 0.717) is 5.82 Å². The van der Waals surface area contributed by atoms with E-state index in [1.54, 1.807) is 0 Å². The van der Waals surface area contributed by atoms with E-state index < -0.39 is 17.3 Å². The average molecular weight is 321 g/mol. The van der Waals surface area contributed by atoms with Gasteiger partial charge in [0.05, 0.1) is 11.1 Å². The molecule has 9 heteroatoms. The Hall–Kier alpha value is -1.67. The third-order valence-electron chi connectivity index (χ3n) is 3.43. The Kier molecular flexibility index (Phi) is 3.94. The van der Waals surface area contributed by atoms with Crippen LogP contribution in [-0.4, -0.2) is 15.1 Å². The van der Waals surface area contributed by atoms with Crippen LogP contribution in [-0.2, 0) is 11.7 Å². The molecule has 2 heterocycles. The quantitative estimate of drug-likeness (QED) is 0.920. The van der Waals surface area contributed by atoms with Crippen molar-refractivity contribution in [1.82, 2.24) is 15.1 Å². The summed E-state index contributed by atoms with van der Waals surface area (Å²) in [7, 11) is 0. The molecule has 2 N–H and O–H groups in total. The highest BCUT2D eigenvalue weighted by molar-refractivity contribution is 5.85. The van der Waals surface area contributed by atoms with E-state index >= 15 is 0 Å². The number of aromatic nitrogens is 3. The Labute approximate surface area is 124 Å². The van der Waals surface area contributed by atoms with Gasteiger partial charge in [0, 0.05) is 6.20 Å². The van der Waals surface area contributed by atoms with Gasteiger partial charge in [-0.05, 0) is 31.4 Å². The van der Waals surface area contributed by atoms with Gasteiger partial charge in [-0.3, -0.25) is 4.98 Å². The monoisotopic (exact) mass is 320 g/mol. The van der Waals surface area contributed by atoms with Gasteiger partial charge in [0.1, 0.15) is 5.69 Å². The van der Waals surface area contributed by atoms with Gasteiger partial charge in [-0.15, -0.1) is 12.4 Å². The highest BCUT2D eigenvalue weighted by Crippen LogP contribution is 2.37. The molecule has 21 heavy (non-hydrogen) atoms. The first-order valence-electron chi connectivity index (χ1n) is 6.05. The largest absolute Gasteiger partial charge is 0.417 e. The van der Waals surface area contributed by atoms with Gasteiger partial charge in [0.15, 0.2) is 5.82 Å². The Balaban J connectivity index is 0.00000161. The molecule has 3 rings (SSSR count). The molecule has 0 aliphatic heterocycles. The maximum atomic E-state index is 12.4. The van der Waals surface area contributed by atoms with Crippen molar-refractivity contribution in [1.29, 1.82) is 0 Å². The highest BCUT2D eigenvalue weighted by Gasteiger charge is 2.39. The Bertz CT molecular complexity index is 622. The fourth-order valence-electron chi connectivity index (χ4n) is 2.00. The maximum Gasteiger partial charge on any atom is 0.417 e. The zero-order valence-corrected chi connectivity index (χ0v) is 11.5. The molecule has 2 aromatic heterocycles. The Morgan fingerprint density at radius 1 is 1.24 bits per heavy atom. The minimum absolute atomic E-state index is 0. The number of alkyl halides is 3. The van der Waals surface area contributed by atoms with E-state index in [0.717, 1.165) is 31.5 Å². The molecule has 0 amide bonds. The van der Waals surface area contributed by atoms with Crippen molar-refractivity contribution in [2.24, 2.45) is 5.73 Å². The van der Waals surface area contributed by atoms with E-state index in [9.17, 15) is 13.2 Å². The zero-order valence-electron chi connectivity index (χ0n) is 10.7. The summed E-state index contributed by atoms with van der Waals surface area (Å²) >= 11 is 0. The molecule has 5 nitrogen and oxygen atoms in total. The predicted molar refractivity (Wildman–Crippen MR) is 69.5 cm³/mol. The predicted octanol–water partition coefficient (Wildman–Crippen LogP) is 2.91. The van der Waals surface area contributed by atoms with E-state index in [4.69, 9.17) is 10.3 Å². The lowest BCUT2D eigenvalue weighted by Gasteiger charge is -2.34. The summed E-state index contributed by atoms with van der Waals surface area (Å²) in [4.78, 5) is 7.82. The van der Waals surface area contributed by atoms with Gasteiger partial charge in [-0.25, -0.2) is 0 Å². The second-order valence-electron chi connectivity index (χ2n) is 4.86. The zero-order chi connectivity index (χ0) is 14.4. The topological polar surface area (TPSA) is 77.8 Å². The summed E-state index contributed by atoms with van der Waals surface area (Å²) in [5.41, 5.74) is 4.84. The van der Waals surface area contributed by atoms with E-state index in [1.165, 1.54) is 6.07 Å². The number of hydrogen-bond donors (Lipinski definition) is 1. The molecular weight excluding hydrogens is 309 g/mol. The van der Waals surface area contributed by atoms with Crippen molar-refractivity contribution in [2.75, 3.05) is 0 Å². The van der Waals surface area contributed by atoms with Crippen LogP contribution in [0, 0.1) is 0 Å². The molecule has 0 aromatic carbocycles. The third kappa shape index (κ3) is 2.86. The first kappa shape index (κ1) is 15.7. The summed E-state index contributed by atoms with van der Waals surface area (Å²) in [6.45, 7) is 0. The van der Waals surface area contributed by atoms with Crippen LogP contribution in [0.2, 0.25) is 0 Å². The molecule has 1 aliphatic rings. The lowest BCUT2D eigenvalue weighted by atomic mass is 9.77. The van der Waals surface area contributed by atoms with Crippen molar-refractivity contribution < 1.29 is 17.7 Å². The number of rotatable bonds is 2. The lowest BCUT2D eigenvalue weighted by molar-refractivity contribution is -0.137. The molecule has 1 saturated carbocycles. The molecule has 1 fully saturated rings. The molecule has 0 atom stereocenters. The fourth-order valence-corrected chi connectivity index (χ4v) is 2.00. The summed E-state index contributed by atoms with van der Waals surface area (Å²) in [5, 5.41) is 3.78. The molecule has 0 radical (unpaired) electrons. The summed E-state index contributed by atoms with van der Waals surface area (Å²) < 4.78 is 42.3. The standard InChI is InChI=1S/C12H11F3N4O.ClH/c13-12(14,15)7-2-3-8(17-6-7)9-18-10(19-20-9)11(16)4-1-5-11;/h2-3,6H,1,4-5,16H2;1H. The third-order valence-corrected chi connectivity index (χ3v) is 3.43. The molecule has 0 spiro atoms. The van der Waals surface area contributed by atoms with Crippen LogP contribution >= 0.6 is 12.4 Å². The summed E-state index contributed by atoms with van der Waals surface area (Å²) in [6, 6.07) is 2.12. The second kappa shape index (κ2) is 5.27. The smallest absolute Gasteiger partial charge is 0.332 e. The van der Waals surface area contributed by atoms with Crippen molar-refractivity contribution in [3.63, 3.8) is 0 Å². The molecule has 0 bridgehead atoms. The number of nitrogens with zero attached hydrogens (tertiary/aromatic N) is 3. The minimum atomic E-state index is -4.42. The van der Waals surface area contributed by atoms with Crippen LogP contribution < -0.4 is 5.73 Å². The number of halogens is 4. The molecule has 0 saturated heterocycles. The maximum absolute atomic E-state index is 12.4. The Morgan fingerprint density at radius 3 is 2.43 bits per heavy atom. The van der Waals surface area contributed by atoms with Crippen LogP contribution in [0.15, 0.2) is 22.9 Å². The summed E-state index contributed by atoms with van der Waals surface area (Å²) in [6.07, 6.45) is -1.14. The fraction of sp³-hybridized carbons (Fsp3) is 0.417. The van der Waals surface area contributed by atoms with Gasteiger partial charge in [-0.1, -0.05) is 5.16 Å². The van der Waals surface area contributed by atoms with Crippen LogP contribution in [0.5, 0.6) is 0 Å². The lowest BCUT2D eigenvalue weighted by Crippen LogP contribution is -2.44. The SMILES string of the molecule is Cl.NC1(c2noc(-c3ccc(C(F)(F)F)cn3)n2)CCC1. The van der Waals surface area contributed by atoms with Crippen molar-refractivity contribution in [3.05, 3.63) is 29.7 Å². The molecule has 114 valence electrons. The number of pyridine rings is 1. The van der Waals surface area contributed by atoms with Gasteiger partial charge < -0.3 is 10.3 Å². The van der Waals surface area contributed by atoms with Crippen molar-refractivity contribution in [2.45, 2.75) is 31.0 Å². The van der Waals surface area contributed by atoms with Crippen LogP contribution in [0.1, 0.15) is 30.7 Å². The van der Waals surface area contributed by atoms with E-state index in [2.05, 4.69) is 15.1 Å². The number of nitrogens with two attached hydrogens (primary N) is 1. The van der Waals surface area contributed by atoms with Crippen LogP contribution in [0.25, 0.3) is 11.6 Å². The van der Waals surface area contributed by atoms with Crippen molar-refractivity contribution >= 4 is 12.4 Å². The first-order chi connectivity index (χ1) is 9.38. The highest BCUT2D eigenvalue weighted by atomic mass is 35.5. The van der Waals surface area contributed by atoms with E-state index in [-0.39, 0.29) is 24.0 Å². The van der Waals surface area contributed by atoms with Gasteiger partial charge in [0.25, 0.3) is 5.89 Å². The van der Waals surface area contributed by atoms with Crippen LogP contribution in [0.4, 0.5) is 13.2 Å². The Morgan fingerprint density at radius 2 is 1.95 bits per heavy atom. The van der Waals surface area contributed by atoms with Gasteiger partial charge in [0.2, 0.25) is 0 Å². The van der Waals surface area contributed by atoms with Crippen LogP contribution in [0.3, 0.4) is 0 Å². The molecule has 0 unspecified atom stereocenters. The molecular formula is C12H12ClF3N4O. The minimum Gasteiger partial charge on any atom is -0.332 e. The second-order valence-corrected chi connectivity index (χ2v) is 4.86. The molecule has 2 aromatic rings. The average Bonchev–Trinajstić information content (AvgIpc) is 2.85. The number of hydrogen-bond acceptors (Lipinski definition) is 5. The van der Waals surface area contributed by atoms with E-state index in [1.807, 2.05) is 0 Å². The van der Waals surface area contributed by atoms with Crippen molar-refractivity contribution in [3.8, 4) is 11.6 Å². The van der Waals surface area contributed by atoms with Gasteiger partial charge in [-0.2, -0.15) is 18.2 Å². The first-order valence-corrected chi connectivity index (χ1v) is 6.05. The normalized spacial score (nSPS) is 17.0.